The van der Waals surface area contributed by atoms with Gasteiger partial charge in [-0.1, -0.05) is 24.3 Å². The lowest BCUT2D eigenvalue weighted by molar-refractivity contribution is 0.142. The van der Waals surface area contributed by atoms with Crippen molar-refractivity contribution in [1.82, 2.24) is 4.90 Å². The number of methoxy groups -OCH3 is 1. The molecule has 0 amide bonds. The zero-order valence-electron chi connectivity index (χ0n) is 13.4. The molecule has 1 fully saturated rings. The van der Waals surface area contributed by atoms with Crippen LogP contribution >= 0.6 is 0 Å². The van der Waals surface area contributed by atoms with Gasteiger partial charge in [0.1, 0.15) is 0 Å². The minimum Gasteiger partial charge on any atom is -0.385 e. The van der Waals surface area contributed by atoms with Crippen molar-refractivity contribution in [2.45, 2.75) is 38.6 Å². The number of nitrogens with zero attached hydrogens (tertiary/aromatic N) is 1. The maximum Gasteiger partial charge on any atom is 0.0462 e. The normalized spacial score (nSPS) is 19.8. The molecule has 118 valence electrons. The number of ether oxygens (including phenoxy) is 1. The molecule has 1 atom stereocenters. The highest BCUT2D eigenvalue weighted by Crippen LogP contribution is 2.22. The Hall–Kier alpha value is -0.900. The Bertz CT molecular complexity index is 408. The largest absolute Gasteiger partial charge is 0.385 e. The highest BCUT2D eigenvalue weighted by Gasteiger charge is 2.19. The second-order valence-corrected chi connectivity index (χ2v) is 6.24. The van der Waals surface area contributed by atoms with E-state index in [4.69, 9.17) is 10.5 Å². The van der Waals surface area contributed by atoms with Crippen molar-refractivity contribution in [3.63, 3.8) is 0 Å². The Morgan fingerprint density at radius 3 is 3.00 bits per heavy atom. The van der Waals surface area contributed by atoms with Gasteiger partial charge in [-0.25, -0.2) is 0 Å². The van der Waals surface area contributed by atoms with Crippen LogP contribution in [0.4, 0.5) is 0 Å². The van der Waals surface area contributed by atoms with Crippen LogP contribution in [0.15, 0.2) is 24.3 Å². The van der Waals surface area contributed by atoms with Gasteiger partial charge < -0.3 is 10.5 Å². The first-order valence-corrected chi connectivity index (χ1v) is 8.31. The second kappa shape index (κ2) is 9.19. The Labute approximate surface area is 129 Å². The molecule has 0 bridgehead atoms. The van der Waals surface area contributed by atoms with Crippen LogP contribution in [0.25, 0.3) is 0 Å². The lowest BCUT2D eigenvalue weighted by Crippen LogP contribution is -2.35. The van der Waals surface area contributed by atoms with Crippen LogP contribution in [0.5, 0.6) is 0 Å². The van der Waals surface area contributed by atoms with Crippen molar-refractivity contribution < 1.29 is 4.74 Å². The van der Waals surface area contributed by atoms with Gasteiger partial charge in [0.15, 0.2) is 0 Å². The topological polar surface area (TPSA) is 38.5 Å². The molecule has 1 heterocycles. The summed E-state index contributed by atoms with van der Waals surface area (Å²) in [4.78, 5) is 2.61. The molecule has 3 heteroatoms. The first-order chi connectivity index (χ1) is 10.3. The quantitative estimate of drug-likeness (QED) is 0.748. The number of likely N-dealkylation sites (tertiary alicyclic amines) is 1. The summed E-state index contributed by atoms with van der Waals surface area (Å²) in [5, 5.41) is 0. The molecule has 0 spiro atoms. The Morgan fingerprint density at radius 2 is 2.19 bits per heavy atom. The summed E-state index contributed by atoms with van der Waals surface area (Å²) in [6, 6.07) is 8.91. The van der Waals surface area contributed by atoms with E-state index in [0.717, 1.165) is 32.0 Å². The summed E-state index contributed by atoms with van der Waals surface area (Å²) in [6.45, 7) is 5.19. The average molecular weight is 290 g/mol. The average Bonchev–Trinajstić information content (AvgIpc) is 2.49. The summed E-state index contributed by atoms with van der Waals surface area (Å²) in [7, 11) is 1.79. The third-order valence-corrected chi connectivity index (χ3v) is 4.39. The van der Waals surface area contributed by atoms with Gasteiger partial charge in [-0.15, -0.1) is 0 Å². The summed E-state index contributed by atoms with van der Waals surface area (Å²) >= 11 is 0. The fraction of sp³-hybridized carbons (Fsp3) is 0.667. The van der Waals surface area contributed by atoms with Gasteiger partial charge in [-0.3, -0.25) is 4.90 Å². The van der Waals surface area contributed by atoms with Gasteiger partial charge >= 0.3 is 0 Å². The van der Waals surface area contributed by atoms with Crippen molar-refractivity contribution in [3.05, 3.63) is 35.4 Å². The zero-order valence-corrected chi connectivity index (χ0v) is 13.4. The van der Waals surface area contributed by atoms with Gasteiger partial charge in [0.2, 0.25) is 0 Å². The van der Waals surface area contributed by atoms with E-state index in [-0.39, 0.29) is 0 Å². The number of rotatable bonds is 8. The third-order valence-electron chi connectivity index (χ3n) is 4.39. The van der Waals surface area contributed by atoms with Gasteiger partial charge in [-0.05, 0) is 62.2 Å². The molecule has 2 rings (SSSR count). The van der Waals surface area contributed by atoms with E-state index in [9.17, 15) is 0 Å². The maximum atomic E-state index is 5.65. The number of piperidine rings is 1. The molecule has 0 saturated carbocycles. The molecule has 0 radical (unpaired) electrons. The summed E-state index contributed by atoms with van der Waals surface area (Å²) in [5.41, 5.74) is 8.44. The molecule has 21 heavy (non-hydrogen) atoms. The Kier molecular flexibility index (Phi) is 7.20. The van der Waals surface area contributed by atoms with Crippen molar-refractivity contribution in [1.29, 1.82) is 0 Å². The van der Waals surface area contributed by atoms with Crippen LogP contribution < -0.4 is 5.73 Å². The molecule has 1 aromatic rings. The molecule has 0 aromatic heterocycles. The maximum absolute atomic E-state index is 5.65. The highest BCUT2D eigenvalue weighted by atomic mass is 16.5. The van der Waals surface area contributed by atoms with Crippen molar-refractivity contribution in [2.24, 2.45) is 11.7 Å². The first-order valence-electron chi connectivity index (χ1n) is 8.31. The molecule has 1 aromatic carbocycles. The molecule has 0 unspecified atom stereocenters. The van der Waals surface area contributed by atoms with Crippen molar-refractivity contribution in [2.75, 3.05) is 33.4 Å². The number of nitrogens with two attached hydrogens (primary N) is 1. The summed E-state index contributed by atoms with van der Waals surface area (Å²) < 4.78 is 5.17. The van der Waals surface area contributed by atoms with Crippen molar-refractivity contribution in [3.8, 4) is 0 Å². The Morgan fingerprint density at radius 1 is 1.33 bits per heavy atom. The van der Waals surface area contributed by atoms with Gasteiger partial charge in [0.05, 0.1) is 0 Å². The minimum atomic E-state index is 0.731. The second-order valence-electron chi connectivity index (χ2n) is 6.24. The predicted octanol–water partition coefficient (Wildman–Crippen LogP) is 2.83. The molecule has 1 saturated heterocycles. The third kappa shape index (κ3) is 5.77. The summed E-state index contributed by atoms with van der Waals surface area (Å²) in [5.74, 6) is 0.848. The first kappa shape index (κ1) is 16.5. The van der Waals surface area contributed by atoms with Crippen LogP contribution in [0.3, 0.4) is 0 Å². The molecule has 0 aliphatic carbocycles. The van der Waals surface area contributed by atoms with E-state index in [2.05, 4.69) is 29.2 Å². The van der Waals surface area contributed by atoms with Gasteiger partial charge in [-0.2, -0.15) is 0 Å². The predicted molar refractivity (Wildman–Crippen MR) is 88.3 cm³/mol. The minimum absolute atomic E-state index is 0.731. The van der Waals surface area contributed by atoms with Gasteiger partial charge in [0, 0.05) is 26.8 Å². The standard InChI is InChI=1S/C18H30N2O/c1-21-12-4-8-17-7-3-11-20(14-17)15-18-6-2-5-16(13-18)9-10-19/h2,5-6,13,17H,3-4,7-12,14-15,19H2,1H3/t17-/m1/s1. The fourth-order valence-electron chi connectivity index (χ4n) is 3.36. The van der Waals surface area contributed by atoms with E-state index in [1.165, 1.54) is 49.9 Å². The smallest absolute Gasteiger partial charge is 0.0462 e. The lowest BCUT2D eigenvalue weighted by atomic mass is 9.93. The molecule has 1 aliphatic heterocycles. The fourth-order valence-corrected chi connectivity index (χ4v) is 3.36. The number of benzene rings is 1. The van der Waals surface area contributed by atoms with Crippen molar-refractivity contribution >= 4 is 0 Å². The summed E-state index contributed by atoms with van der Waals surface area (Å²) in [6.07, 6.45) is 6.19. The monoisotopic (exact) mass is 290 g/mol. The molecular weight excluding hydrogens is 260 g/mol. The highest BCUT2D eigenvalue weighted by molar-refractivity contribution is 5.23. The van der Waals surface area contributed by atoms with E-state index in [1.54, 1.807) is 7.11 Å². The lowest BCUT2D eigenvalue weighted by Gasteiger charge is -2.33. The molecule has 1 aliphatic rings. The van der Waals surface area contributed by atoms with Crippen LogP contribution in [-0.2, 0) is 17.7 Å². The molecule has 3 nitrogen and oxygen atoms in total. The van der Waals surface area contributed by atoms with E-state index in [0.29, 0.717) is 0 Å². The number of hydrogen-bond donors (Lipinski definition) is 1. The van der Waals surface area contributed by atoms with Crippen LogP contribution in [-0.4, -0.2) is 38.3 Å². The SMILES string of the molecule is COCCC[C@H]1CCCN(Cc2cccc(CCN)c2)C1. The van der Waals surface area contributed by atoms with E-state index in [1.807, 2.05) is 0 Å². The zero-order chi connectivity index (χ0) is 14.9. The Balaban J connectivity index is 1.82. The molecule has 2 N–H and O–H groups in total. The van der Waals surface area contributed by atoms with Crippen LogP contribution in [0.2, 0.25) is 0 Å². The van der Waals surface area contributed by atoms with E-state index >= 15 is 0 Å². The number of hydrogen-bond acceptors (Lipinski definition) is 3. The van der Waals surface area contributed by atoms with E-state index < -0.39 is 0 Å². The van der Waals surface area contributed by atoms with Crippen LogP contribution in [0.1, 0.15) is 36.8 Å². The van der Waals surface area contributed by atoms with Crippen LogP contribution in [0, 0.1) is 5.92 Å². The van der Waals surface area contributed by atoms with Gasteiger partial charge in [0.25, 0.3) is 0 Å². The molecular formula is C18H30N2O.